The zero-order valence-electron chi connectivity index (χ0n) is 11.5. The first kappa shape index (κ1) is 17.1. The molecule has 19 heavy (non-hydrogen) atoms. The van der Waals surface area contributed by atoms with Crippen LogP contribution in [-0.2, 0) is 0 Å². The van der Waals surface area contributed by atoms with Crippen LogP contribution in [0.2, 0.25) is 0 Å². The lowest BCUT2D eigenvalue weighted by atomic mass is 10.1. The second-order valence-electron chi connectivity index (χ2n) is 4.39. The van der Waals surface area contributed by atoms with Gasteiger partial charge < -0.3 is 15.3 Å². The van der Waals surface area contributed by atoms with E-state index in [2.05, 4.69) is 55.9 Å². The molecule has 5 heteroatoms. The van der Waals surface area contributed by atoms with Crippen molar-refractivity contribution in [3.8, 4) is 0 Å². The Morgan fingerprint density at radius 1 is 1.21 bits per heavy atom. The third-order valence-corrected chi connectivity index (χ3v) is 5.12. The first-order valence-corrected chi connectivity index (χ1v) is 8.22. The molecule has 3 nitrogen and oxygen atoms in total. The summed E-state index contributed by atoms with van der Waals surface area (Å²) in [6.07, 6.45) is 0. The van der Waals surface area contributed by atoms with E-state index in [1.807, 2.05) is 18.2 Å². The number of hydrogen-bond acceptors (Lipinski definition) is 3. The summed E-state index contributed by atoms with van der Waals surface area (Å²) in [6, 6.07) is 6.05. The average molecular weight is 394 g/mol. The normalized spacial score (nSPS) is 12.9. The van der Waals surface area contributed by atoms with Crippen molar-refractivity contribution in [3.63, 3.8) is 0 Å². The fraction of sp³-hybridized carbons (Fsp3) is 0.571. The fourth-order valence-electron chi connectivity index (χ4n) is 1.95. The summed E-state index contributed by atoms with van der Waals surface area (Å²) in [5.41, 5.74) is 1.09. The minimum Gasteiger partial charge on any atom is -0.394 e. The van der Waals surface area contributed by atoms with Crippen LogP contribution in [0.3, 0.4) is 0 Å². The number of rotatable bonds is 8. The zero-order chi connectivity index (χ0) is 14.3. The largest absolute Gasteiger partial charge is 0.394 e. The van der Waals surface area contributed by atoms with Crippen LogP contribution >= 0.6 is 31.9 Å². The Morgan fingerprint density at radius 2 is 1.89 bits per heavy atom. The van der Waals surface area contributed by atoms with Crippen LogP contribution in [-0.4, -0.2) is 42.8 Å². The Balaban J connectivity index is 2.55. The number of likely N-dealkylation sites (N-methyl/N-ethyl adjacent to an activating group) is 1. The van der Waals surface area contributed by atoms with Gasteiger partial charge in [-0.1, -0.05) is 19.9 Å². The number of halogens is 2. The smallest absolute Gasteiger partial charge is 0.0626 e. The highest BCUT2D eigenvalue weighted by Crippen LogP contribution is 2.26. The van der Waals surface area contributed by atoms with Crippen LogP contribution in [0.4, 0.5) is 0 Å². The van der Waals surface area contributed by atoms with E-state index < -0.39 is 0 Å². The first-order chi connectivity index (χ1) is 9.12. The molecule has 0 amide bonds. The molecule has 0 heterocycles. The molecule has 0 aliphatic carbocycles. The van der Waals surface area contributed by atoms with Gasteiger partial charge in [0.25, 0.3) is 0 Å². The minimum absolute atomic E-state index is 0.0139. The van der Waals surface area contributed by atoms with E-state index in [4.69, 9.17) is 0 Å². The molecule has 1 unspecified atom stereocenters. The molecule has 0 fully saturated rings. The van der Waals surface area contributed by atoms with E-state index in [1.165, 1.54) is 0 Å². The number of aliphatic hydroxyl groups is 1. The SMILES string of the molecule is CCN(CC)CCNC(CO)c1ccc(Br)c(Br)c1. The zero-order valence-corrected chi connectivity index (χ0v) is 14.7. The summed E-state index contributed by atoms with van der Waals surface area (Å²) in [7, 11) is 0. The van der Waals surface area contributed by atoms with Gasteiger partial charge in [0, 0.05) is 22.0 Å². The molecular weight excluding hydrogens is 372 g/mol. The summed E-state index contributed by atoms with van der Waals surface area (Å²) in [5.74, 6) is 0. The standard InChI is InChI=1S/C14H22Br2N2O/c1-3-18(4-2)8-7-17-14(10-19)11-5-6-12(15)13(16)9-11/h5-6,9,14,17,19H,3-4,7-8,10H2,1-2H3. The van der Waals surface area contributed by atoms with Crippen molar-refractivity contribution in [2.45, 2.75) is 19.9 Å². The molecule has 0 saturated heterocycles. The van der Waals surface area contributed by atoms with E-state index in [1.54, 1.807) is 0 Å². The van der Waals surface area contributed by atoms with E-state index >= 15 is 0 Å². The van der Waals surface area contributed by atoms with Crippen molar-refractivity contribution < 1.29 is 5.11 Å². The van der Waals surface area contributed by atoms with Gasteiger partial charge in [0.05, 0.1) is 12.6 Å². The molecule has 0 aromatic heterocycles. The molecule has 1 aromatic carbocycles. The molecular formula is C14H22Br2N2O. The van der Waals surface area contributed by atoms with E-state index in [0.29, 0.717) is 0 Å². The highest BCUT2D eigenvalue weighted by atomic mass is 79.9. The minimum atomic E-state index is -0.0139. The van der Waals surface area contributed by atoms with Crippen LogP contribution < -0.4 is 5.32 Å². The molecule has 1 rings (SSSR count). The van der Waals surface area contributed by atoms with Crippen LogP contribution in [0.15, 0.2) is 27.1 Å². The molecule has 0 radical (unpaired) electrons. The second-order valence-corrected chi connectivity index (χ2v) is 6.10. The van der Waals surface area contributed by atoms with Crippen molar-refractivity contribution in [1.82, 2.24) is 10.2 Å². The Hall–Kier alpha value is 0.0600. The van der Waals surface area contributed by atoms with Crippen molar-refractivity contribution in [3.05, 3.63) is 32.7 Å². The number of nitrogens with zero attached hydrogens (tertiary/aromatic N) is 1. The third kappa shape index (κ3) is 5.52. The summed E-state index contributed by atoms with van der Waals surface area (Å²) in [5, 5.41) is 12.9. The molecule has 0 aliphatic heterocycles. The van der Waals surface area contributed by atoms with Crippen LogP contribution in [0.1, 0.15) is 25.5 Å². The highest BCUT2D eigenvalue weighted by Gasteiger charge is 2.11. The van der Waals surface area contributed by atoms with Crippen molar-refractivity contribution in [2.75, 3.05) is 32.8 Å². The quantitative estimate of drug-likeness (QED) is 0.711. The molecule has 1 aromatic rings. The summed E-state index contributed by atoms with van der Waals surface area (Å²) >= 11 is 6.95. The molecule has 2 N–H and O–H groups in total. The fourth-order valence-corrected chi connectivity index (χ4v) is 2.60. The maximum absolute atomic E-state index is 9.52. The Kier molecular flexibility index (Phi) is 8.18. The van der Waals surface area contributed by atoms with E-state index in [-0.39, 0.29) is 12.6 Å². The average Bonchev–Trinajstić information content (AvgIpc) is 2.42. The molecule has 0 aliphatic rings. The number of hydrogen-bond donors (Lipinski definition) is 2. The van der Waals surface area contributed by atoms with Gasteiger partial charge in [-0.05, 0) is 62.6 Å². The van der Waals surface area contributed by atoms with E-state index in [0.717, 1.165) is 40.7 Å². The molecule has 108 valence electrons. The van der Waals surface area contributed by atoms with Gasteiger partial charge in [-0.15, -0.1) is 0 Å². The number of nitrogens with one attached hydrogen (secondary N) is 1. The number of benzene rings is 1. The van der Waals surface area contributed by atoms with Gasteiger partial charge >= 0.3 is 0 Å². The summed E-state index contributed by atoms with van der Waals surface area (Å²) in [6.45, 7) is 8.43. The Labute approximate surface area is 132 Å². The maximum atomic E-state index is 9.52. The van der Waals surface area contributed by atoms with E-state index in [9.17, 15) is 5.11 Å². The van der Waals surface area contributed by atoms with Crippen molar-refractivity contribution >= 4 is 31.9 Å². The Bertz CT molecular complexity index is 384. The van der Waals surface area contributed by atoms with Crippen LogP contribution in [0.25, 0.3) is 0 Å². The number of aliphatic hydroxyl groups excluding tert-OH is 1. The molecule has 0 bridgehead atoms. The van der Waals surface area contributed by atoms with Gasteiger partial charge in [-0.3, -0.25) is 0 Å². The monoisotopic (exact) mass is 392 g/mol. The van der Waals surface area contributed by atoms with Crippen molar-refractivity contribution in [2.24, 2.45) is 0 Å². The lowest BCUT2D eigenvalue weighted by molar-refractivity contribution is 0.233. The molecule has 1 atom stereocenters. The second kappa shape index (κ2) is 9.08. The summed E-state index contributed by atoms with van der Waals surface area (Å²) < 4.78 is 2.03. The van der Waals surface area contributed by atoms with Gasteiger partial charge in [0.1, 0.15) is 0 Å². The van der Waals surface area contributed by atoms with Gasteiger partial charge in [-0.2, -0.15) is 0 Å². The lowest BCUT2D eigenvalue weighted by Gasteiger charge is -2.22. The van der Waals surface area contributed by atoms with Gasteiger partial charge in [0.2, 0.25) is 0 Å². The first-order valence-electron chi connectivity index (χ1n) is 6.63. The highest BCUT2D eigenvalue weighted by molar-refractivity contribution is 9.13. The van der Waals surface area contributed by atoms with Crippen LogP contribution in [0.5, 0.6) is 0 Å². The summed E-state index contributed by atoms with van der Waals surface area (Å²) in [4.78, 5) is 2.36. The van der Waals surface area contributed by atoms with Crippen LogP contribution in [0, 0.1) is 0 Å². The third-order valence-electron chi connectivity index (χ3n) is 3.24. The van der Waals surface area contributed by atoms with Gasteiger partial charge in [0.15, 0.2) is 0 Å². The predicted octanol–water partition coefficient (Wildman–Crippen LogP) is 3.18. The molecule has 0 saturated carbocycles. The Morgan fingerprint density at radius 3 is 2.42 bits per heavy atom. The molecule has 0 spiro atoms. The maximum Gasteiger partial charge on any atom is 0.0626 e. The topological polar surface area (TPSA) is 35.5 Å². The predicted molar refractivity (Wildman–Crippen MR) is 87.5 cm³/mol. The van der Waals surface area contributed by atoms with Crippen molar-refractivity contribution in [1.29, 1.82) is 0 Å². The van der Waals surface area contributed by atoms with Gasteiger partial charge in [-0.25, -0.2) is 0 Å². The lowest BCUT2D eigenvalue weighted by Crippen LogP contribution is -2.34.